The van der Waals surface area contributed by atoms with Crippen molar-refractivity contribution in [3.8, 4) is 0 Å². The predicted molar refractivity (Wildman–Crippen MR) is 111 cm³/mol. The Hall–Kier alpha value is -0.380. The molecule has 5 aliphatic rings. The lowest BCUT2D eigenvalue weighted by Crippen LogP contribution is -2.62. The van der Waals surface area contributed by atoms with Gasteiger partial charge in [0.05, 0.1) is 18.8 Å². The molecule has 3 nitrogen and oxygen atoms in total. The molecule has 0 aromatic rings. The van der Waals surface area contributed by atoms with Crippen LogP contribution >= 0.6 is 0 Å². The standard InChI is InChI=1S/C25H40O3/c1-4-5-19-10-13-25(26)21-9-8-18-7-6-17(22-27-14-15-28-22)16-23(18,2)20(21)11-12-24(19,25)3/h4-5,17-22,26H,6-16H2,1-3H3/t17?,18-,19-,20-,21+,23-,24+,25-/m0/s1. The van der Waals surface area contributed by atoms with Crippen molar-refractivity contribution in [2.75, 3.05) is 13.2 Å². The van der Waals surface area contributed by atoms with Gasteiger partial charge in [-0.15, -0.1) is 0 Å². The Balaban J connectivity index is 1.43. The number of allylic oxidation sites excluding steroid dienone is 2. The molecular weight excluding hydrogens is 348 g/mol. The van der Waals surface area contributed by atoms with Crippen molar-refractivity contribution in [1.82, 2.24) is 0 Å². The molecule has 5 rings (SSSR count). The summed E-state index contributed by atoms with van der Waals surface area (Å²) in [7, 11) is 0. The summed E-state index contributed by atoms with van der Waals surface area (Å²) in [5.41, 5.74) is -0.0616. The molecule has 4 aliphatic carbocycles. The first-order chi connectivity index (χ1) is 13.4. The number of fused-ring (bicyclic) bond motifs is 5. The zero-order valence-corrected chi connectivity index (χ0v) is 18.2. The SMILES string of the molecule is CC=C[C@H]1CC[C@]2(O)[C@@H]3CC[C@@H]4CCC(C5OCCO5)C[C@]4(C)[C@H]3CC[C@]12C. The number of aliphatic hydroxyl groups is 1. The van der Waals surface area contributed by atoms with Gasteiger partial charge in [0, 0.05) is 11.3 Å². The van der Waals surface area contributed by atoms with Crippen LogP contribution in [0.15, 0.2) is 12.2 Å². The minimum atomic E-state index is -0.471. The van der Waals surface area contributed by atoms with Crippen LogP contribution in [0, 0.1) is 40.4 Å². The normalized spacial score (nSPS) is 54.5. The molecule has 1 N–H and O–H groups in total. The smallest absolute Gasteiger partial charge is 0.160 e. The molecule has 1 aliphatic heterocycles. The molecule has 0 amide bonds. The molecule has 1 saturated heterocycles. The van der Waals surface area contributed by atoms with Gasteiger partial charge in [0.1, 0.15) is 0 Å². The van der Waals surface area contributed by atoms with Gasteiger partial charge in [-0.2, -0.15) is 0 Å². The largest absolute Gasteiger partial charge is 0.389 e. The van der Waals surface area contributed by atoms with Crippen LogP contribution in [0.2, 0.25) is 0 Å². The van der Waals surface area contributed by atoms with Crippen LogP contribution in [0.3, 0.4) is 0 Å². The fraction of sp³-hybridized carbons (Fsp3) is 0.920. The molecule has 3 heteroatoms. The molecule has 0 spiro atoms. The monoisotopic (exact) mass is 388 g/mol. The van der Waals surface area contributed by atoms with E-state index < -0.39 is 5.60 Å². The Morgan fingerprint density at radius 3 is 2.39 bits per heavy atom. The van der Waals surface area contributed by atoms with Gasteiger partial charge < -0.3 is 14.6 Å². The average molecular weight is 389 g/mol. The van der Waals surface area contributed by atoms with E-state index in [1.54, 1.807) is 0 Å². The van der Waals surface area contributed by atoms with E-state index in [0.29, 0.717) is 29.1 Å². The van der Waals surface area contributed by atoms with Crippen LogP contribution in [0.25, 0.3) is 0 Å². The van der Waals surface area contributed by atoms with Crippen LogP contribution in [0.1, 0.15) is 78.6 Å². The van der Waals surface area contributed by atoms with Crippen LogP contribution in [0.4, 0.5) is 0 Å². The van der Waals surface area contributed by atoms with Gasteiger partial charge in [-0.05, 0) is 93.8 Å². The molecular formula is C25H40O3. The first kappa shape index (κ1) is 19.6. The third kappa shape index (κ3) is 2.58. The van der Waals surface area contributed by atoms with Gasteiger partial charge in [0.2, 0.25) is 0 Å². The first-order valence-electron chi connectivity index (χ1n) is 12.0. The summed E-state index contributed by atoms with van der Waals surface area (Å²) in [6, 6.07) is 0. The molecule has 0 aromatic carbocycles. The van der Waals surface area contributed by atoms with E-state index in [9.17, 15) is 5.11 Å². The highest BCUT2D eigenvalue weighted by Crippen LogP contribution is 2.69. The summed E-state index contributed by atoms with van der Waals surface area (Å²) in [5, 5.41) is 12.2. The molecule has 1 heterocycles. The third-order valence-corrected chi connectivity index (χ3v) is 10.4. The molecule has 1 unspecified atom stereocenters. The van der Waals surface area contributed by atoms with Crippen LogP contribution < -0.4 is 0 Å². The van der Waals surface area contributed by atoms with E-state index in [1.165, 1.54) is 44.9 Å². The summed E-state index contributed by atoms with van der Waals surface area (Å²) >= 11 is 0. The second-order valence-corrected chi connectivity index (χ2v) is 11.2. The quantitative estimate of drug-likeness (QED) is 0.650. The maximum absolute atomic E-state index is 12.2. The molecule has 28 heavy (non-hydrogen) atoms. The summed E-state index contributed by atoms with van der Waals surface area (Å²) in [5.74, 6) is 3.06. The zero-order valence-electron chi connectivity index (χ0n) is 18.2. The molecule has 0 bridgehead atoms. The topological polar surface area (TPSA) is 38.7 Å². The molecule has 5 fully saturated rings. The van der Waals surface area contributed by atoms with Gasteiger partial charge >= 0.3 is 0 Å². The maximum atomic E-state index is 12.2. The van der Waals surface area contributed by atoms with Gasteiger partial charge in [-0.3, -0.25) is 0 Å². The molecule has 8 atom stereocenters. The van der Waals surface area contributed by atoms with Crippen molar-refractivity contribution in [3.63, 3.8) is 0 Å². The van der Waals surface area contributed by atoms with Crippen molar-refractivity contribution in [1.29, 1.82) is 0 Å². The highest BCUT2D eigenvalue weighted by Gasteiger charge is 2.66. The number of hydrogen-bond acceptors (Lipinski definition) is 3. The van der Waals surface area contributed by atoms with Crippen molar-refractivity contribution in [2.45, 2.75) is 90.4 Å². The molecule has 0 aromatic heterocycles. The Labute approximate surface area is 171 Å². The summed E-state index contributed by atoms with van der Waals surface area (Å²) < 4.78 is 11.8. The minimum absolute atomic E-state index is 0.0284. The first-order valence-corrected chi connectivity index (χ1v) is 12.0. The molecule has 0 radical (unpaired) electrons. The minimum Gasteiger partial charge on any atom is -0.389 e. The molecule has 158 valence electrons. The zero-order chi connectivity index (χ0) is 19.6. The number of rotatable bonds is 2. The lowest BCUT2D eigenvalue weighted by Gasteiger charge is -2.64. The Kier molecular flexibility index (Phi) is 4.77. The second kappa shape index (κ2) is 6.82. The van der Waals surface area contributed by atoms with Crippen LogP contribution in [-0.2, 0) is 9.47 Å². The van der Waals surface area contributed by atoms with Crippen molar-refractivity contribution in [3.05, 3.63) is 12.2 Å². The Morgan fingerprint density at radius 1 is 0.893 bits per heavy atom. The van der Waals surface area contributed by atoms with E-state index in [0.717, 1.165) is 32.0 Å². The number of ether oxygens (including phenoxy) is 2. The van der Waals surface area contributed by atoms with Crippen molar-refractivity contribution < 1.29 is 14.6 Å². The Bertz CT molecular complexity index is 625. The maximum Gasteiger partial charge on any atom is 0.160 e. The molecule has 4 saturated carbocycles. The lowest BCUT2D eigenvalue weighted by molar-refractivity contribution is -0.214. The van der Waals surface area contributed by atoms with E-state index in [-0.39, 0.29) is 11.7 Å². The van der Waals surface area contributed by atoms with E-state index in [1.807, 2.05) is 0 Å². The fourth-order valence-corrected chi connectivity index (χ4v) is 8.84. The summed E-state index contributed by atoms with van der Waals surface area (Å²) in [6.45, 7) is 8.63. The highest BCUT2D eigenvalue weighted by molar-refractivity contribution is 5.19. The predicted octanol–water partition coefficient (Wildman–Crippen LogP) is 5.33. The summed E-state index contributed by atoms with van der Waals surface area (Å²) in [6.07, 6.45) is 15.6. The van der Waals surface area contributed by atoms with Gasteiger partial charge in [-0.1, -0.05) is 26.0 Å². The fourth-order valence-electron chi connectivity index (χ4n) is 8.84. The van der Waals surface area contributed by atoms with Gasteiger partial charge in [0.25, 0.3) is 0 Å². The summed E-state index contributed by atoms with van der Waals surface area (Å²) in [4.78, 5) is 0. The Morgan fingerprint density at radius 2 is 1.64 bits per heavy atom. The van der Waals surface area contributed by atoms with Gasteiger partial charge in [0.15, 0.2) is 6.29 Å². The van der Waals surface area contributed by atoms with Gasteiger partial charge in [-0.25, -0.2) is 0 Å². The van der Waals surface area contributed by atoms with E-state index in [2.05, 4.69) is 32.9 Å². The van der Waals surface area contributed by atoms with Crippen LogP contribution in [-0.4, -0.2) is 30.2 Å². The highest BCUT2D eigenvalue weighted by atomic mass is 16.7. The van der Waals surface area contributed by atoms with Crippen molar-refractivity contribution >= 4 is 0 Å². The lowest BCUT2D eigenvalue weighted by atomic mass is 9.43. The van der Waals surface area contributed by atoms with E-state index >= 15 is 0 Å². The van der Waals surface area contributed by atoms with Crippen molar-refractivity contribution in [2.24, 2.45) is 40.4 Å². The van der Waals surface area contributed by atoms with Crippen LogP contribution in [0.5, 0.6) is 0 Å². The van der Waals surface area contributed by atoms with E-state index in [4.69, 9.17) is 9.47 Å². The third-order valence-electron chi connectivity index (χ3n) is 10.4. The second-order valence-electron chi connectivity index (χ2n) is 11.2. The number of hydrogen-bond donors (Lipinski definition) is 1. The average Bonchev–Trinajstić information content (AvgIpc) is 3.29.